The molecule has 10 heteroatoms. The van der Waals surface area contributed by atoms with Gasteiger partial charge in [0.15, 0.2) is 5.13 Å². The van der Waals surface area contributed by atoms with Gasteiger partial charge in [-0.2, -0.15) is 13.2 Å². The molecule has 1 N–H and O–H groups in total. The lowest BCUT2D eigenvalue weighted by Gasteiger charge is -2.06. The van der Waals surface area contributed by atoms with Crippen molar-refractivity contribution < 1.29 is 18.0 Å². The zero-order valence-corrected chi connectivity index (χ0v) is 16.8. The second-order valence-electron chi connectivity index (χ2n) is 6.22. The number of thiazole rings is 2. The van der Waals surface area contributed by atoms with Crippen molar-refractivity contribution in [3.8, 4) is 21.8 Å². The minimum absolute atomic E-state index is 0.0406. The first-order chi connectivity index (χ1) is 14.4. The van der Waals surface area contributed by atoms with Gasteiger partial charge in [0.25, 0.3) is 0 Å². The molecule has 0 atom stereocenters. The van der Waals surface area contributed by atoms with Gasteiger partial charge < -0.3 is 5.32 Å². The molecule has 0 bridgehead atoms. The van der Waals surface area contributed by atoms with E-state index in [2.05, 4.69) is 20.3 Å². The maximum atomic E-state index is 12.7. The number of halogens is 3. The summed E-state index contributed by atoms with van der Waals surface area (Å²) in [5, 5.41) is 7.32. The Balaban J connectivity index is 1.39. The number of rotatable bonds is 5. The van der Waals surface area contributed by atoms with Gasteiger partial charge >= 0.3 is 6.18 Å². The van der Waals surface area contributed by atoms with Crippen LogP contribution < -0.4 is 5.32 Å². The van der Waals surface area contributed by atoms with E-state index in [9.17, 15) is 18.0 Å². The number of amides is 1. The molecule has 0 aliphatic heterocycles. The van der Waals surface area contributed by atoms with Crippen LogP contribution in [0.15, 0.2) is 59.6 Å². The molecule has 0 unspecified atom stereocenters. The van der Waals surface area contributed by atoms with Gasteiger partial charge in [-0.3, -0.25) is 9.78 Å². The molecule has 1 amide bonds. The molecule has 4 aromatic rings. The average Bonchev–Trinajstić information content (AvgIpc) is 3.38. The molecule has 0 aliphatic rings. The van der Waals surface area contributed by atoms with Crippen molar-refractivity contribution in [1.29, 1.82) is 0 Å². The number of benzene rings is 1. The Hall–Kier alpha value is -3.11. The third-order valence-electron chi connectivity index (χ3n) is 4.06. The normalized spacial score (nSPS) is 11.4. The van der Waals surface area contributed by atoms with Crippen molar-refractivity contribution in [1.82, 2.24) is 15.0 Å². The SMILES string of the molecule is O=C(Cc1csc(-c2ccc(C(F)(F)F)cc2)n1)Nc1nc(-c2cccnc2)cs1. The first kappa shape index (κ1) is 20.2. The Labute approximate surface area is 177 Å². The van der Waals surface area contributed by atoms with Crippen molar-refractivity contribution in [3.05, 3.63) is 70.8 Å². The van der Waals surface area contributed by atoms with Gasteiger partial charge in [0.05, 0.1) is 23.4 Å². The van der Waals surface area contributed by atoms with Gasteiger partial charge in [-0.05, 0) is 24.3 Å². The Kier molecular flexibility index (Phi) is 5.60. The highest BCUT2D eigenvalue weighted by Crippen LogP contribution is 2.32. The molecule has 0 saturated carbocycles. The molecule has 0 radical (unpaired) electrons. The van der Waals surface area contributed by atoms with Gasteiger partial charge in [0.1, 0.15) is 5.01 Å². The van der Waals surface area contributed by atoms with Crippen LogP contribution >= 0.6 is 22.7 Å². The Morgan fingerprint density at radius 3 is 2.50 bits per heavy atom. The van der Waals surface area contributed by atoms with E-state index < -0.39 is 11.7 Å². The molecule has 3 heterocycles. The summed E-state index contributed by atoms with van der Waals surface area (Å²) in [5.41, 5.74) is 1.98. The summed E-state index contributed by atoms with van der Waals surface area (Å²) in [6.07, 6.45) is -0.972. The average molecular weight is 446 g/mol. The fraction of sp³-hybridized carbons (Fsp3) is 0.100. The summed E-state index contributed by atoms with van der Waals surface area (Å²) in [7, 11) is 0. The third kappa shape index (κ3) is 4.71. The van der Waals surface area contributed by atoms with Gasteiger partial charge in [0.2, 0.25) is 5.91 Å². The maximum Gasteiger partial charge on any atom is 0.416 e. The molecular weight excluding hydrogens is 433 g/mol. The van der Waals surface area contributed by atoms with E-state index in [1.807, 2.05) is 17.5 Å². The van der Waals surface area contributed by atoms with Crippen LogP contribution in [0, 0.1) is 0 Å². The van der Waals surface area contributed by atoms with E-state index in [1.165, 1.54) is 34.8 Å². The van der Waals surface area contributed by atoms with Crippen LogP contribution in [0.25, 0.3) is 21.8 Å². The van der Waals surface area contributed by atoms with Crippen LogP contribution in [-0.2, 0) is 17.4 Å². The monoisotopic (exact) mass is 446 g/mol. The molecule has 0 fully saturated rings. The zero-order chi connectivity index (χ0) is 21.1. The Morgan fingerprint density at radius 2 is 1.80 bits per heavy atom. The van der Waals surface area contributed by atoms with E-state index in [0.29, 0.717) is 21.4 Å². The van der Waals surface area contributed by atoms with Crippen LogP contribution in [-0.4, -0.2) is 20.9 Å². The summed E-state index contributed by atoms with van der Waals surface area (Å²) in [6.45, 7) is 0. The molecule has 152 valence electrons. The van der Waals surface area contributed by atoms with Crippen molar-refractivity contribution >= 4 is 33.7 Å². The number of alkyl halides is 3. The number of hydrogen-bond acceptors (Lipinski definition) is 6. The van der Waals surface area contributed by atoms with E-state index in [1.54, 1.807) is 17.8 Å². The molecule has 0 spiro atoms. The van der Waals surface area contributed by atoms with Crippen molar-refractivity contribution in [3.63, 3.8) is 0 Å². The molecule has 4 rings (SSSR count). The quantitative estimate of drug-likeness (QED) is 0.438. The summed E-state index contributed by atoms with van der Waals surface area (Å²) < 4.78 is 38.0. The van der Waals surface area contributed by atoms with E-state index in [4.69, 9.17) is 0 Å². The Morgan fingerprint density at radius 1 is 1.00 bits per heavy atom. The number of hydrogen-bond donors (Lipinski definition) is 1. The summed E-state index contributed by atoms with van der Waals surface area (Å²) in [5.74, 6) is -0.272. The molecule has 1 aromatic carbocycles. The molecule has 0 aliphatic carbocycles. The Bertz CT molecular complexity index is 1150. The number of aromatic nitrogens is 3. The molecule has 30 heavy (non-hydrogen) atoms. The predicted octanol–water partition coefficient (Wildman–Crippen LogP) is 5.53. The van der Waals surface area contributed by atoms with Crippen LogP contribution in [0.3, 0.4) is 0 Å². The largest absolute Gasteiger partial charge is 0.416 e. The first-order valence-electron chi connectivity index (χ1n) is 8.66. The second-order valence-corrected chi connectivity index (χ2v) is 7.94. The lowest BCUT2D eigenvalue weighted by atomic mass is 10.1. The van der Waals surface area contributed by atoms with Crippen LogP contribution in [0.5, 0.6) is 0 Å². The van der Waals surface area contributed by atoms with Gasteiger partial charge in [0, 0.05) is 34.3 Å². The van der Waals surface area contributed by atoms with Gasteiger partial charge in [-0.1, -0.05) is 12.1 Å². The minimum atomic E-state index is -4.38. The highest BCUT2D eigenvalue weighted by Gasteiger charge is 2.30. The topological polar surface area (TPSA) is 67.8 Å². The number of nitrogens with one attached hydrogen (secondary N) is 1. The van der Waals surface area contributed by atoms with Crippen molar-refractivity contribution in [2.24, 2.45) is 0 Å². The van der Waals surface area contributed by atoms with Crippen LogP contribution in [0.4, 0.5) is 18.3 Å². The fourth-order valence-electron chi connectivity index (χ4n) is 2.63. The smallest absolute Gasteiger partial charge is 0.302 e. The highest BCUT2D eigenvalue weighted by molar-refractivity contribution is 7.14. The maximum absolute atomic E-state index is 12.7. The predicted molar refractivity (Wildman–Crippen MR) is 110 cm³/mol. The van der Waals surface area contributed by atoms with Crippen LogP contribution in [0.2, 0.25) is 0 Å². The first-order valence-corrected chi connectivity index (χ1v) is 10.4. The van der Waals surface area contributed by atoms with Gasteiger partial charge in [-0.15, -0.1) is 22.7 Å². The lowest BCUT2D eigenvalue weighted by molar-refractivity contribution is -0.137. The van der Waals surface area contributed by atoms with E-state index >= 15 is 0 Å². The third-order valence-corrected chi connectivity index (χ3v) is 5.76. The summed E-state index contributed by atoms with van der Waals surface area (Å²) in [6, 6.07) is 8.48. The lowest BCUT2D eigenvalue weighted by Crippen LogP contribution is -2.14. The summed E-state index contributed by atoms with van der Waals surface area (Å²) >= 11 is 2.58. The van der Waals surface area contributed by atoms with E-state index in [-0.39, 0.29) is 12.3 Å². The number of carbonyl (C=O) groups is 1. The molecule has 0 saturated heterocycles. The second kappa shape index (κ2) is 8.33. The van der Waals surface area contributed by atoms with Crippen molar-refractivity contribution in [2.45, 2.75) is 12.6 Å². The standard InChI is InChI=1S/C20H13F3N4OS2/c21-20(22,23)14-5-3-12(4-6-14)18-25-15(10-29-18)8-17(28)27-19-26-16(11-30-19)13-2-1-7-24-9-13/h1-7,9-11H,8H2,(H,26,27,28). The van der Waals surface area contributed by atoms with Gasteiger partial charge in [-0.25, -0.2) is 9.97 Å². The zero-order valence-electron chi connectivity index (χ0n) is 15.2. The molecule has 3 aromatic heterocycles. The number of nitrogens with zero attached hydrogens (tertiary/aromatic N) is 3. The molecular formula is C20H13F3N4OS2. The number of anilines is 1. The fourth-order valence-corrected chi connectivity index (χ4v) is 4.19. The van der Waals surface area contributed by atoms with E-state index in [0.717, 1.165) is 23.4 Å². The minimum Gasteiger partial charge on any atom is -0.302 e. The van der Waals surface area contributed by atoms with Crippen LogP contribution in [0.1, 0.15) is 11.3 Å². The number of pyridine rings is 1. The highest BCUT2D eigenvalue weighted by atomic mass is 32.1. The summed E-state index contributed by atoms with van der Waals surface area (Å²) in [4.78, 5) is 25.1. The number of carbonyl (C=O) groups excluding carboxylic acids is 1. The molecule has 5 nitrogen and oxygen atoms in total. The van der Waals surface area contributed by atoms with Crippen molar-refractivity contribution in [2.75, 3.05) is 5.32 Å².